The molecule has 4 aromatic heterocycles. The second-order valence-corrected chi connectivity index (χ2v) is 14.1. The van der Waals surface area contributed by atoms with Crippen LogP contribution in [0.2, 0.25) is 0 Å². The minimum atomic E-state index is -0.346. The highest BCUT2D eigenvalue weighted by Crippen LogP contribution is 2.35. The first-order chi connectivity index (χ1) is 19.0. The lowest BCUT2D eigenvalue weighted by atomic mass is 10.2. The van der Waals surface area contributed by atoms with Crippen molar-refractivity contribution in [3.05, 3.63) is 60.4 Å². The van der Waals surface area contributed by atoms with E-state index in [-0.39, 0.29) is 35.6 Å². The predicted octanol–water partition coefficient (Wildman–Crippen LogP) is 5.08. The third kappa shape index (κ3) is 6.81. The van der Waals surface area contributed by atoms with E-state index in [4.69, 9.17) is 6.39 Å². The number of hydrogen-bond acceptors (Lipinski definition) is 7. The molecule has 0 saturated carbocycles. The van der Waals surface area contributed by atoms with Gasteiger partial charge in [0.2, 0.25) is 0 Å². The molecule has 4 rings (SSSR count). The van der Waals surface area contributed by atoms with Crippen LogP contribution >= 0.6 is 96.2 Å². The van der Waals surface area contributed by atoms with Crippen LogP contribution in [0.5, 0.6) is 0 Å². The van der Waals surface area contributed by atoms with Gasteiger partial charge in [0.1, 0.15) is 9.66 Å². The Balaban J connectivity index is 0.000000264. The summed E-state index contributed by atoms with van der Waals surface area (Å²) in [6.45, 7) is 2.70. The molecular formula is C23H29Br4N4O5PS2. The van der Waals surface area contributed by atoms with Crippen LogP contribution in [0.1, 0.15) is 37.3 Å². The summed E-state index contributed by atoms with van der Waals surface area (Å²) in [7, 11) is 5.04. The van der Waals surface area contributed by atoms with Crippen LogP contribution < -0.4 is 22.5 Å². The second kappa shape index (κ2) is 15.2. The fraction of sp³-hybridized carbons (Fsp3) is 0.478. The predicted molar refractivity (Wildman–Crippen MR) is 181 cm³/mol. The zero-order valence-corrected chi connectivity index (χ0v) is 30.6. The van der Waals surface area contributed by atoms with E-state index in [0.29, 0.717) is 39.2 Å². The summed E-state index contributed by atoms with van der Waals surface area (Å²) in [5.74, 6) is 0. The molecular weight excluding hydrogens is 827 g/mol. The van der Waals surface area contributed by atoms with Gasteiger partial charge in [-0.2, -0.15) is 9.84 Å². The molecule has 1 unspecified atom stereocenters. The average Bonchev–Trinajstić information content (AvgIpc) is 3.48. The van der Waals surface area contributed by atoms with E-state index in [2.05, 4.69) is 63.7 Å². The maximum atomic E-state index is 12.5. The number of hydrogen-bond donors (Lipinski definition) is 1. The molecule has 4 heterocycles. The SMILES string of the molecule is CCCCn1c(=O)c2c(CBr)c(Br)sc2n(C)c1=O.Cn1c(=O)n(CCCO)c(=O)c2c(CBr)c(Br)sc21.[2H]P. The fourth-order valence-electron chi connectivity index (χ4n) is 3.92. The maximum Gasteiger partial charge on any atom is 0.331 e. The van der Waals surface area contributed by atoms with Gasteiger partial charge in [0.05, 0.1) is 19.6 Å². The van der Waals surface area contributed by atoms with Gasteiger partial charge in [-0.3, -0.25) is 27.9 Å². The topological polar surface area (TPSA) is 108 Å². The van der Waals surface area contributed by atoms with E-state index in [9.17, 15) is 19.2 Å². The third-order valence-corrected chi connectivity index (χ3v) is 11.2. The molecule has 9 nitrogen and oxygen atoms in total. The van der Waals surface area contributed by atoms with Crippen molar-refractivity contribution in [2.24, 2.45) is 14.1 Å². The Kier molecular flexibility index (Phi) is 12.9. The first kappa shape index (κ1) is 33.1. The Morgan fingerprint density at radius 2 is 1.18 bits per heavy atom. The summed E-state index contributed by atoms with van der Waals surface area (Å²) < 4.78 is 13.0. The van der Waals surface area contributed by atoms with Gasteiger partial charge < -0.3 is 5.11 Å². The van der Waals surface area contributed by atoms with Gasteiger partial charge in [-0.1, -0.05) is 45.2 Å². The van der Waals surface area contributed by atoms with E-state index < -0.39 is 0 Å². The molecule has 0 radical (unpaired) electrons. The summed E-state index contributed by atoms with van der Waals surface area (Å²) >= 11 is 16.5. The van der Waals surface area contributed by atoms with Crippen molar-refractivity contribution in [3.63, 3.8) is 0 Å². The monoisotopic (exact) mass is 853 g/mol. The largest absolute Gasteiger partial charge is 0.396 e. The number of alkyl halides is 2. The number of thiophene rings is 2. The minimum Gasteiger partial charge on any atom is -0.396 e. The van der Waals surface area contributed by atoms with Crippen molar-refractivity contribution in [1.29, 1.82) is 1.28 Å². The standard InChI is InChI=1S/C12H14Br2N2O2S.C11H12Br2N2O3S.H3P/c1-3-4-5-16-10(17)8-7(6-13)9(14)19-11(8)15(2)12(16)18;1-14-10-7(6(5-12)8(13)19-10)9(17)15(11(14)18)3-2-4-16;/h3-6H2,1-2H3;16H,2-5H2,1H3;1H3/i;;1D. The summed E-state index contributed by atoms with van der Waals surface area (Å²) in [4.78, 5) is 50.7. The number of aliphatic hydroxyl groups excluding tert-OH is 1. The molecule has 0 spiro atoms. The first-order valence-corrected chi connectivity index (χ1v) is 17.1. The minimum absolute atomic E-state index is 0.0493. The lowest BCUT2D eigenvalue weighted by Crippen LogP contribution is -2.39. The first-order valence-electron chi connectivity index (χ1n) is 12.2. The highest BCUT2D eigenvalue weighted by Gasteiger charge is 2.20. The Labute approximate surface area is 270 Å². The highest BCUT2D eigenvalue weighted by molar-refractivity contribution is 9.11. The van der Waals surface area contributed by atoms with E-state index in [0.717, 1.165) is 36.4 Å². The van der Waals surface area contributed by atoms with Crippen molar-refractivity contribution < 1.29 is 5.11 Å². The molecule has 0 amide bonds. The Morgan fingerprint density at radius 3 is 1.51 bits per heavy atom. The average molecular weight is 857 g/mol. The van der Waals surface area contributed by atoms with Gasteiger partial charge >= 0.3 is 11.4 Å². The van der Waals surface area contributed by atoms with Gasteiger partial charge in [-0.05, 0) is 44.7 Å². The normalized spacial score (nSPS) is 11.3. The molecule has 4 aromatic rings. The lowest BCUT2D eigenvalue weighted by Gasteiger charge is -2.08. The van der Waals surface area contributed by atoms with Gasteiger partial charge in [0.25, 0.3) is 11.1 Å². The molecule has 0 saturated heterocycles. The van der Waals surface area contributed by atoms with E-state index in [1.54, 1.807) is 28.5 Å². The molecule has 216 valence electrons. The molecule has 0 aliphatic carbocycles. The zero-order chi connectivity index (χ0) is 30.3. The Bertz CT molecular complexity index is 1600. The van der Waals surface area contributed by atoms with Crippen LogP contribution in [-0.4, -0.2) is 31.3 Å². The van der Waals surface area contributed by atoms with Crippen LogP contribution in [0.25, 0.3) is 20.4 Å². The highest BCUT2D eigenvalue weighted by atomic mass is 79.9. The Hall–Kier alpha value is -0.410. The third-order valence-electron chi connectivity index (χ3n) is 5.98. The van der Waals surface area contributed by atoms with Gasteiger partial charge in [0, 0.05) is 55.6 Å². The number of aryl methyl sites for hydroxylation is 2. The molecule has 0 aliphatic heterocycles. The van der Waals surface area contributed by atoms with Crippen LogP contribution in [0, 0.1) is 0 Å². The van der Waals surface area contributed by atoms with Crippen LogP contribution in [0.4, 0.5) is 0 Å². The van der Waals surface area contributed by atoms with Gasteiger partial charge in [-0.25, -0.2) is 9.59 Å². The number of aliphatic hydroxyl groups is 1. The smallest absolute Gasteiger partial charge is 0.331 e. The number of halogens is 4. The molecule has 16 heteroatoms. The second-order valence-electron chi connectivity index (χ2n) is 8.36. The van der Waals surface area contributed by atoms with E-state index >= 15 is 0 Å². The molecule has 39 heavy (non-hydrogen) atoms. The maximum absolute atomic E-state index is 12.5. The number of unbranched alkanes of at least 4 members (excludes halogenated alkanes) is 1. The number of rotatable bonds is 8. The molecule has 0 fully saturated rings. The fourth-order valence-corrected chi connectivity index (χ4v) is 9.75. The quantitative estimate of drug-likeness (QED) is 0.197. The van der Waals surface area contributed by atoms with Crippen LogP contribution in [-0.2, 0) is 37.8 Å². The van der Waals surface area contributed by atoms with Crippen molar-refractivity contribution in [1.82, 2.24) is 18.3 Å². The Morgan fingerprint density at radius 1 is 0.795 bits per heavy atom. The van der Waals surface area contributed by atoms with Gasteiger partial charge in [-0.15, -0.1) is 22.7 Å². The van der Waals surface area contributed by atoms with Crippen molar-refractivity contribution in [2.75, 3.05) is 6.61 Å². The van der Waals surface area contributed by atoms with Crippen LogP contribution in [0.15, 0.2) is 26.8 Å². The summed E-state index contributed by atoms with van der Waals surface area (Å²) in [5.41, 5.74) is 0.733. The van der Waals surface area contributed by atoms with Crippen molar-refractivity contribution in [3.8, 4) is 0 Å². The number of nitrogens with zero attached hydrogens (tertiary/aromatic N) is 4. The molecule has 1 N–H and O–H groups in total. The summed E-state index contributed by atoms with van der Waals surface area (Å²) in [6, 6.07) is 0. The molecule has 1 atom stereocenters. The van der Waals surface area contributed by atoms with E-state index in [1.807, 2.05) is 6.92 Å². The van der Waals surface area contributed by atoms with Crippen molar-refractivity contribution >= 4 is 117 Å². The number of aromatic nitrogens is 4. The summed E-state index contributed by atoms with van der Waals surface area (Å²) in [5, 5.41) is 11.2. The molecule has 0 bridgehead atoms. The van der Waals surface area contributed by atoms with Gasteiger partial charge in [0.15, 0.2) is 0 Å². The molecule has 0 aliphatic rings. The lowest BCUT2D eigenvalue weighted by molar-refractivity contribution is 0.277. The van der Waals surface area contributed by atoms with Crippen LogP contribution in [0.3, 0.4) is 0 Å². The number of fused-ring (bicyclic) bond motifs is 2. The zero-order valence-electron chi connectivity index (χ0n) is 22.4. The van der Waals surface area contributed by atoms with Crippen molar-refractivity contribution in [2.45, 2.75) is 49.9 Å². The molecule has 0 aromatic carbocycles. The summed E-state index contributed by atoms with van der Waals surface area (Å²) in [6.07, 6.45) is 2.16. The van der Waals surface area contributed by atoms with E-state index in [1.165, 1.54) is 36.4 Å².